The molecule has 0 amide bonds. The van der Waals surface area contributed by atoms with Gasteiger partial charge in [0.05, 0.1) is 18.0 Å². The maximum Gasteiger partial charge on any atom is 0.129 e. The van der Waals surface area contributed by atoms with Gasteiger partial charge in [-0.25, -0.2) is 9.97 Å². The molecule has 0 spiro atoms. The van der Waals surface area contributed by atoms with Crippen LogP contribution in [-0.2, 0) is 11.3 Å². The average molecular weight is 301 g/mol. The van der Waals surface area contributed by atoms with Crippen molar-refractivity contribution in [2.24, 2.45) is 0 Å². The van der Waals surface area contributed by atoms with Gasteiger partial charge in [0.25, 0.3) is 0 Å². The minimum absolute atomic E-state index is 0.415. The molecule has 22 heavy (non-hydrogen) atoms. The predicted molar refractivity (Wildman–Crippen MR) is 85.0 cm³/mol. The van der Waals surface area contributed by atoms with Gasteiger partial charge < -0.3 is 10.1 Å². The molecule has 0 radical (unpaired) electrons. The first kappa shape index (κ1) is 15.0. The molecular formula is C16H23N5O. The molecule has 2 aromatic rings. The molecule has 1 atom stereocenters. The lowest BCUT2D eigenvalue weighted by Crippen LogP contribution is -2.10. The van der Waals surface area contributed by atoms with Crippen molar-refractivity contribution in [3.8, 4) is 0 Å². The summed E-state index contributed by atoms with van der Waals surface area (Å²) in [5, 5.41) is 7.84. The monoisotopic (exact) mass is 301 g/mol. The Kier molecular flexibility index (Phi) is 4.68. The summed E-state index contributed by atoms with van der Waals surface area (Å²) in [5.41, 5.74) is 3.36. The molecule has 0 aliphatic carbocycles. The number of ether oxygens (including phenoxy) is 1. The summed E-state index contributed by atoms with van der Waals surface area (Å²) >= 11 is 0. The summed E-state index contributed by atoms with van der Waals surface area (Å²) in [5.74, 6) is 1.31. The van der Waals surface area contributed by atoms with Gasteiger partial charge in [-0.1, -0.05) is 0 Å². The second kappa shape index (κ2) is 6.87. The summed E-state index contributed by atoms with van der Waals surface area (Å²) in [4.78, 5) is 8.66. The van der Waals surface area contributed by atoms with Crippen LogP contribution < -0.4 is 5.32 Å². The third-order valence-electron chi connectivity index (χ3n) is 3.99. The van der Waals surface area contributed by atoms with Gasteiger partial charge in [0.1, 0.15) is 12.1 Å². The Balaban J connectivity index is 1.49. The van der Waals surface area contributed by atoms with Gasteiger partial charge in [0.2, 0.25) is 0 Å². The van der Waals surface area contributed by atoms with Crippen LogP contribution in [0.2, 0.25) is 0 Å². The van der Waals surface area contributed by atoms with Crippen molar-refractivity contribution >= 4 is 5.82 Å². The first-order valence-electron chi connectivity index (χ1n) is 7.87. The van der Waals surface area contributed by atoms with Gasteiger partial charge in [-0.05, 0) is 32.8 Å². The van der Waals surface area contributed by atoms with Gasteiger partial charge in [-0.15, -0.1) is 0 Å². The SMILES string of the molecule is Cc1cc(C)n(CCCNc2cc([C@H]3CCOC3)ncn2)n1. The van der Waals surface area contributed by atoms with Crippen molar-refractivity contribution in [1.82, 2.24) is 19.7 Å². The third-order valence-corrected chi connectivity index (χ3v) is 3.99. The Labute approximate surface area is 130 Å². The number of hydrogen-bond acceptors (Lipinski definition) is 5. The van der Waals surface area contributed by atoms with Gasteiger partial charge >= 0.3 is 0 Å². The Morgan fingerprint density at radius 1 is 1.32 bits per heavy atom. The van der Waals surface area contributed by atoms with Crippen LogP contribution in [-0.4, -0.2) is 39.5 Å². The van der Waals surface area contributed by atoms with E-state index in [9.17, 15) is 0 Å². The number of aryl methyl sites for hydroxylation is 3. The number of nitrogens with one attached hydrogen (secondary N) is 1. The fourth-order valence-electron chi connectivity index (χ4n) is 2.81. The molecule has 1 aliphatic heterocycles. The van der Waals surface area contributed by atoms with Gasteiger partial charge in [-0.3, -0.25) is 4.68 Å². The molecular weight excluding hydrogens is 278 g/mol. The van der Waals surface area contributed by atoms with E-state index in [1.54, 1.807) is 6.33 Å². The molecule has 0 unspecified atom stereocenters. The minimum Gasteiger partial charge on any atom is -0.381 e. The highest BCUT2D eigenvalue weighted by molar-refractivity contribution is 5.35. The standard InChI is InChI=1S/C16H23N5O/c1-12-8-13(2)21(20-12)6-3-5-17-16-9-15(18-11-19-16)14-4-7-22-10-14/h8-9,11,14H,3-7,10H2,1-2H3,(H,17,18,19)/t14-/m0/s1. The highest BCUT2D eigenvalue weighted by atomic mass is 16.5. The summed E-state index contributed by atoms with van der Waals surface area (Å²) < 4.78 is 7.48. The second-order valence-corrected chi connectivity index (χ2v) is 5.82. The topological polar surface area (TPSA) is 64.9 Å². The number of nitrogens with zero attached hydrogens (tertiary/aromatic N) is 4. The van der Waals surface area contributed by atoms with Crippen LogP contribution in [0.1, 0.15) is 35.8 Å². The lowest BCUT2D eigenvalue weighted by atomic mass is 10.1. The first-order valence-corrected chi connectivity index (χ1v) is 7.87. The van der Waals surface area contributed by atoms with Crippen molar-refractivity contribution in [3.05, 3.63) is 35.5 Å². The molecule has 2 aromatic heterocycles. The van der Waals surface area contributed by atoms with E-state index in [0.29, 0.717) is 5.92 Å². The summed E-state index contributed by atoms with van der Waals surface area (Å²) in [7, 11) is 0. The molecule has 118 valence electrons. The molecule has 3 rings (SSSR count). The van der Waals surface area contributed by atoms with Crippen molar-refractivity contribution in [3.63, 3.8) is 0 Å². The van der Waals surface area contributed by atoms with Crippen LogP contribution in [0.4, 0.5) is 5.82 Å². The minimum atomic E-state index is 0.415. The molecule has 0 saturated carbocycles. The zero-order chi connectivity index (χ0) is 15.4. The van der Waals surface area contributed by atoms with Crippen LogP contribution in [0.5, 0.6) is 0 Å². The average Bonchev–Trinajstić information content (AvgIpc) is 3.14. The molecule has 6 nitrogen and oxygen atoms in total. The molecule has 0 aromatic carbocycles. The number of hydrogen-bond donors (Lipinski definition) is 1. The molecule has 6 heteroatoms. The quantitative estimate of drug-likeness (QED) is 0.829. The van der Waals surface area contributed by atoms with E-state index in [-0.39, 0.29) is 0 Å². The lowest BCUT2D eigenvalue weighted by Gasteiger charge is -2.10. The van der Waals surface area contributed by atoms with E-state index in [2.05, 4.69) is 38.1 Å². The molecule has 1 saturated heterocycles. The molecule has 0 bridgehead atoms. The van der Waals surface area contributed by atoms with Gasteiger partial charge in [0, 0.05) is 37.4 Å². The van der Waals surface area contributed by atoms with Crippen LogP contribution in [0.15, 0.2) is 18.5 Å². The van der Waals surface area contributed by atoms with Crippen molar-refractivity contribution in [2.75, 3.05) is 25.1 Å². The maximum atomic E-state index is 5.42. The zero-order valence-electron chi connectivity index (χ0n) is 13.2. The third kappa shape index (κ3) is 3.62. The van der Waals surface area contributed by atoms with E-state index in [4.69, 9.17) is 4.74 Å². The van der Waals surface area contributed by atoms with Crippen LogP contribution in [0.3, 0.4) is 0 Å². The lowest BCUT2D eigenvalue weighted by molar-refractivity contribution is 0.193. The molecule has 1 fully saturated rings. The Morgan fingerprint density at radius 3 is 2.95 bits per heavy atom. The fraction of sp³-hybridized carbons (Fsp3) is 0.562. The maximum absolute atomic E-state index is 5.42. The Bertz CT molecular complexity index is 619. The van der Waals surface area contributed by atoms with E-state index in [1.807, 2.05) is 13.0 Å². The summed E-state index contributed by atoms with van der Waals surface area (Å²) in [6.45, 7) is 7.51. The smallest absolute Gasteiger partial charge is 0.129 e. The van der Waals surface area contributed by atoms with E-state index in [0.717, 1.165) is 56.4 Å². The Hall–Kier alpha value is -1.95. The highest BCUT2D eigenvalue weighted by Crippen LogP contribution is 2.24. The zero-order valence-corrected chi connectivity index (χ0v) is 13.2. The number of rotatable bonds is 6. The summed E-state index contributed by atoms with van der Waals surface area (Å²) in [6.07, 6.45) is 3.69. The number of anilines is 1. The van der Waals surface area contributed by atoms with Crippen LogP contribution in [0.25, 0.3) is 0 Å². The molecule has 1 N–H and O–H groups in total. The van der Waals surface area contributed by atoms with E-state index >= 15 is 0 Å². The second-order valence-electron chi connectivity index (χ2n) is 5.82. The van der Waals surface area contributed by atoms with Crippen molar-refractivity contribution < 1.29 is 4.74 Å². The first-order chi connectivity index (χ1) is 10.7. The number of aromatic nitrogens is 4. The highest BCUT2D eigenvalue weighted by Gasteiger charge is 2.19. The molecule has 1 aliphatic rings. The predicted octanol–water partition coefficient (Wildman–Crippen LogP) is 2.30. The molecule has 3 heterocycles. The normalized spacial score (nSPS) is 17.8. The largest absolute Gasteiger partial charge is 0.381 e. The van der Waals surface area contributed by atoms with Gasteiger partial charge in [0.15, 0.2) is 0 Å². The van der Waals surface area contributed by atoms with Gasteiger partial charge in [-0.2, -0.15) is 5.10 Å². The van der Waals surface area contributed by atoms with Crippen molar-refractivity contribution in [1.29, 1.82) is 0 Å². The fourth-order valence-corrected chi connectivity index (χ4v) is 2.81. The Morgan fingerprint density at radius 2 is 2.23 bits per heavy atom. The van der Waals surface area contributed by atoms with E-state index < -0.39 is 0 Å². The van der Waals surface area contributed by atoms with E-state index in [1.165, 1.54) is 5.69 Å². The van der Waals surface area contributed by atoms with Crippen LogP contribution in [0, 0.1) is 13.8 Å². The van der Waals surface area contributed by atoms with Crippen molar-refractivity contribution in [2.45, 2.75) is 39.2 Å². The van der Waals surface area contributed by atoms with Crippen LogP contribution >= 0.6 is 0 Å². The summed E-state index contributed by atoms with van der Waals surface area (Å²) in [6, 6.07) is 4.15.